The minimum absolute atomic E-state index is 0.0401. The summed E-state index contributed by atoms with van der Waals surface area (Å²) in [5.41, 5.74) is -1.02. The van der Waals surface area contributed by atoms with Gasteiger partial charge in [-0.05, 0) is 48.5 Å². The molecule has 1 N–H and O–H groups in total. The lowest BCUT2D eigenvalue weighted by Gasteiger charge is -2.32. The maximum absolute atomic E-state index is 15.1. The summed E-state index contributed by atoms with van der Waals surface area (Å²) in [5.74, 6) is -0.530. The summed E-state index contributed by atoms with van der Waals surface area (Å²) < 4.78 is 37.3. The highest BCUT2D eigenvalue weighted by Crippen LogP contribution is 2.37. The number of hydrogen-bond donors (Lipinski definition) is 1. The third-order valence-electron chi connectivity index (χ3n) is 4.74. The van der Waals surface area contributed by atoms with Crippen molar-refractivity contribution >= 4 is 18.7 Å². The Labute approximate surface area is 160 Å². The summed E-state index contributed by atoms with van der Waals surface area (Å²) in [6.07, 6.45) is -0.583. The second kappa shape index (κ2) is 7.32. The van der Waals surface area contributed by atoms with Crippen molar-refractivity contribution in [2.75, 3.05) is 7.11 Å². The number of rotatable bonds is 4. The molecule has 0 bridgehead atoms. The molecule has 0 saturated carbocycles. The molecular formula is C19H29BFNO5. The Kier molecular flexibility index (Phi) is 5.83. The number of amides is 1. The Morgan fingerprint density at radius 2 is 1.74 bits per heavy atom. The highest BCUT2D eigenvalue weighted by molar-refractivity contribution is 6.62. The third-order valence-corrected chi connectivity index (χ3v) is 4.74. The molecule has 0 atom stereocenters. The Balaban J connectivity index is 2.20. The van der Waals surface area contributed by atoms with Crippen molar-refractivity contribution in [1.82, 2.24) is 5.32 Å². The number of halogens is 1. The number of carbonyl (C=O) groups is 1. The van der Waals surface area contributed by atoms with Gasteiger partial charge in [-0.3, -0.25) is 0 Å². The molecule has 0 radical (unpaired) electrons. The zero-order chi connectivity index (χ0) is 20.6. The first-order chi connectivity index (χ1) is 12.3. The molecule has 27 heavy (non-hydrogen) atoms. The smallest absolute Gasteiger partial charge is 0.493 e. The van der Waals surface area contributed by atoms with Crippen molar-refractivity contribution in [2.45, 2.75) is 71.8 Å². The van der Waals surface area contributed by atoms with E-state index < -0.39 is 35.8 Å². The van der Waals surface area contributed by atoms with E-state index >= 15 is 4.39 Å². The fraction of sp³-hybridized carbons (Fsp3) is 0.632. The van der Waals surface area contributed by atoms with Gasteiger partial charge in [0.15, 0.2) is 11.6 Å². The third kappa shape index (κ3) is 4.73. The van der Waals surface area contributed by atoms with E-state index in [1.54, 1.807) is 32.9 Å². The van der Waals surface area contributed by atoms with Gasteiger partial charge in [-0.15, -0.1) is 0 Å². The second-order valence-electron chi connectivity index (χ2n) is 8.60. The van der Waals surface area contributed by atoms with E-state index in [9.17, 15) is 4.79 Å². The lowest BCUT2D eigenvalue weighted by Crippen LogP contribution is -2.41. The van der Waals surface area contributed by atoms with E-state index in [0.29, 0.717) is 5.56 Å². The van der Waals surface area contributed by atoms with Gasteiger partial charge in [0.05, 0.1) is 18.3 Å². The maximum atomic E-state index is 15.1. The molecule has 2 rings (SSSR count). The van der Waals surface area contributed by atoms with Gasteiger partial charge in [0.1, 0.15) is 5.60 Å². The predicted octanol–water partition coefficient (Wildman–Crippen LogP) is 3.16. The molecular weight excluding hydrogens is 352 g/mol. The van der Waals surface area contributed by atoms with Crippen LogP contribution in [0.3, 0.4) is 0 Å². The molecule has 1 aromatic rings. The molecule has 0 unspecified atom stereocenters. The first-order valence-corrected chi connectivity index (χ1v) is 8.95. The molecule has 0 aliphatic carbocycles. The Morgan fingerprint density at radius 1 is 1.19 bits per heavy atom. The van der Waals surface area contributed by atoms with Crippen LogP contribution in [0.15, 0.2) is 12.1 Å². The van der Waals surface area contributed by atoms with E-state index in [0.717, 1.165) is 0 Å². The van der Waals surface area contributed by atoms with Crippen LogP contribution in [-0.4, -0.2) is 37.1 Å². The average Bonchev–Trinajstić information content (AvgIpc) is 2.71. The van der Waals surface area contributed by atoms with Crippen LogP contribution in [0.5, 0.6) is 5.75 Å². The largest absolute Gasteiger partial charge is 0.497 e. The SMILES string of the molecule is COc1c(CNC(=O)OC(C)(C)C)ccc(B2OC(C)(C)C(C)(C)O2)c1F. The normalized spacial score (nSPS) is 18.3. The van der Waals surface area contributed by atoms with Gasteiger partial charge in [0.25, 0.3) is 0 Å². The summed E-state index contributed by atoms with van der Waals surface area (Å²) in [7, 11) is 0.542. The number of alkyl carbamates (subject to hydrolysis) is 1. The number of benzene rings is 1. The number of ether oxygens (including phenoxy) is 2. The summed E-state index contributed by atoms with van der Waals surface area (Å²) >= 11 is 0. The Morgan fingerprint density at radius 3 is 2.22 bits per heavy atom. The second-order valence-corrected chi connectivity index (χ2v) is 8.60. The van der Waals surface area contributed by atoms with Crippen molar-refractivity contribution in [3.05, 3.63) is 23.5 Å². The van der Waals surface area contributed by atoms with Gasteiger partial charge < -0.3 is 24.1 Å². The van der Waals surface area contributed by atoms with Gasteiger partial charge in [-0.25, -0.2) is 9.18 Å². The zero-order valence-corrected chi connectivity index (χ0v) is 17.4. The van der Waals surface area contributed by atoms with E-state index in [1.807, 2.05) is 27.7 Å². The number of carbonyl (C=O) groups excluding carboxylic acids is 1. The van der Waals surface area contributed by atoms with E-state index in [-0.39, 0.29) is 17.8 Å². The zero-order valence-electron chi connectivity index (χ0n) is 17.4. The van der Waals surface area contributed by atoms with Crippen molar-refractivity contribution in [2.24, 2.45) is 0 Å². The van der Waals surface area contributed by atoms with E-state index in [1.165, 1.54) is 7.11 Å². The van der Waals surface area contributed by atoms with Crippen LogP contribution in [0.2, 0.25) is 0 Å². The predicted molar refractivity (Wildman–Crippen MR) is 102 cm³/mol. The van der Waals surface area contributed by atoms with Gasteiger partial charge >= 0.3 is 13.2 Å². The molecule has 1 amide bonds. The molecule has 0 aromatic heterocycles. The highest BCUT2D eigenvalue weighted by atomic mass is 19.1. The van der Waals surface area contributed by atoms with Crippen LogP contribution in [0.4, 0.5) is 9.18 Å². The quantitative estimate of drug-likeness (QED) is 0.812. The van der Waals surface area contributed by atoms with Crippen LogP contribution in [0.1, 0.15) is 54.0 Å². The highest BCUT2D eigenvalue weighted by Gasteiger charge is 2.52. The fourth-order valence-corrected chi connectivity index (χ4v) is 2.60. The molecule has 1 aliphatic heterocycles. The van der Waals surface area contributed by atoms with Crippen molar-refractivity contribution in [3.63, 3.8) is 0 Å². The molecule has 1 heterocycles. The minimum atomic E-state index is -0.836. The van der Waals surface area contributed by atoms with Crippen LogP contribution in [0.25, 0.3) is 0 Å². The first kappa shape index (κ1) is 21.5. The molecule has 1 aromatic carbocycles. The van der Waals surface area contributed by atoms with Crippen LogP contribution < -0.4 is 15.5 Å². The van der Waals surface area contributed by atoms with Gasteiger partial charge in [0.2, 0.25) is 0 Å². The summed E-state index contributed by atoms with van der Waals surface area (Å²) in [4.78, 5) is 11.8. The molecule has 1 fully saturated rings. The fourth-order valence-electron chi connectivity index (χ4n) is 2.60. The Hall–Kier alpha value is -1.80. The van der Waals surface area contributed by atoms with Crippen LogP contribution >= 0.6 is 0 Å². The molecule has 150 valence electrons. The number of hydrogen-bond acceptors (Lipinski definition) is 5. The van der Waals surface area contributed by atoms with Gasteiger partial charge in [-0.2, -0.15) is 0 Å². The molecule has 8 heteroatoms. The molecule has 6 nitrogen and oxygen atoms in total. The first-order valence-electron chi connectivity index (χ1n) is 8.95. The van der Waals surface area contributed by atoms with Crippen molar-refractivity contribution in [1.29, 1.82) is 0 Å². The van der Waals surface area contributed by atoms with E-state index in [2.05, 4.69) is 5.32 Å². The summed E-state index contributed by atoms with van der Waals surface area (Å²) in [6.45, 7) is 13.0. The standard InChI is InChI=1S/C19H29BFNO5/c1-17(2,3)25-16(23)22-11-12-9-10-13(14(21)15(12)24-8)20-26-18(4,5)19(6,7)27-20/h9-10H,11H2,1-8H3,(H,22,23). The topological polar surface area (TPSA) is 66.0 Å². The molecule has 0 spiro atoms. The molecule has 1 aliphatic rings. The average molecular weight is 381 g/mol. The molecule has 1 saturated heterocycles. The lowest BCUT2D eigenvalue weighted by atomic mass is 9.78. The lowest BCUT2D eigenvalue weighted by molar-refractivity contribution is 0.00578. The van der Waals surface area contributed by atoms with Crippen LogP contribution in [0, 0.1) is 5.82 Å². The van der Waals surface area contributed by atoms with Crippen molar-refractivity contribution < 1.29 is 28.0 Å². The Bertz CT molecular complexity index is 699. The summed E-state index contributed by atoms with van der Waals surface area (Å²) in [5, 5.41) is 2.60. The van der Waals surface area contributed by atoms with Gasteiger partial charge in [0, 0.05) is 17.6 Å². The number of nitrogens with one attached hydrogen (secondary N) is 1. The maximum Gasteiger partial charge on any atom is 0.497 e. The monoisotopic (exact) mass is 381 g/mol. The minimum Gasteiger partial charge on any atom is -0.493 e. The van der Waals surface area contributed by atoms with Crippen molar-refractivity contribution in [3.8, 4) is 5.75 Å². The van der Waals surface area contributed by atoms with Gasteiger partial charge in [-0.1, -0.05) is 12.1 Å². The number of methoxy groups -OCH3 is 1. The van der Waals surface area contributed by atoms with E-state index in [4.69, 9.17) is 18.8 Å². The van der Waals surface area contributed by atoms with Crippen LogP contribution in [-0.2, 0) is 20.6 Å². The summed E-state index contributed by atoms with van der Waals surface area (Å²) in [6, 6.07) is 3.27.